The van der Waals surface area contributed by atoms with E-state index in [0.717, 1.165) is 0 Å². The summed E-state index contributed by atoms with van der Waals surface area (Å²) in [6, 6.07) is 4.54. The molecular formula is C11H13FO2. The zero-order valence-corrected chi connectivity index (χ0v) is 8.29. The van der Waals surface area contributed by atoms with Crippen LogP contribution in [0.25, 0.3) is 0 Å². The van der Waals surface area contributed by atoms with Gasteiger partial charge in [-0.2, -0.15) is 0 Å². The average molecular weight is 196 g/mol. The Labute approximate surface area is 82.7 Å². The van der Waals surface area contributed by atoms with Gasteiger partial charge in [-0.1, -0.05) is 19.9 Å². The van der Waals surface area contributed by atoms with Gasteiger partial charge in [-0.25, -0.2) is 4.39 Å². The molecule has 0 aliphatic rings. The minimum absolute atomic E-state index is 0.0336. The monoisotopic (exact) mass is 196 g/mol. The number of carbonyl (C=O) groups excluding carboxylic acids is 1. The van der Waals surface area contributed by atoms with E-state index in [4.69, 9.17) is 4.74 Å². The maximum atomic E-state index is 13.4. The third-order valence-electron chi connectivity index (χ3n) is 1.69. The van der Waals surface area contributed by atoms with Crippen molar-refractivity contribution in [2.45, 2.75) is 13.8 Å². The van der Waals surface area contributed by atoms with Gasteiger partial charge in [-0.05, 0) is 18.1 Å². The second-order valence-corrected chi connectivity index (χ2v) is 3.48. The van der Waals surface area contributed by atoms with E-state index in [1.165, 1.54) is 12.1 Å². The molecule has 1 rings (SSSR count). The highest BCUT2D eigenvalue weighted by molar-refractivity contribution is 5.76. The molecule has 0 aliphatic carbocycles. The molecule has 0 aromatic heterocycles. The molecule has 0 unspecified atom stereocenters. The number of hydrogen-bond acceptors (Lipinski definition) is 2. The molecule has 0 heterocycles. The van der Waals surface area contributed by atoms with Crippen molar-refractivity contribution in [2.24, 2.45) is 5.92 Å². The van der Waals surface area contributed by atoms with Crippen LogP contribution < -0.4 is 4.74 Å². The fraction of sp³-hybridized carbons (Fsp3) is 0.364. The first-order chi connectivity index (χ1) is 6.65. The van der Waals surface area contributed by atoms with Gasteiger partial charge in [0.2, 0.25) is 0 Å². The second kappa shape index (κ2) is 4.74. The minimum Gasteiger partial charge on any atom is -0.490 e. The van der Waals surface area contributed by atoms with Crippen LogP contribution in [0.5, 0.6) is 5.75 Å². The molecule has 0 aliphatic heterocycles. The van der Waals surface area contributed by atoms with Gasteiger partial charge in [0.05, 0.1) is 12.2 Å². The molecule has 0 N–H and O–H groups in total. The van der Waals surface area contributed by atoms with Crippen LogP contribution in [0.1, 0.15) is 24.2 Å². The predicted octanol–water partition coefficient (Wildman–Crippen LogP) is 2.67. The molecule has 0 bridgehead atoms. The van der Waals surface area contributed by atoms with Crippen molar-refractivity contribution in [1.29, 1.82) is 0 Å². The molecule has 0 spiro atoms. The third kappa shape index (κ3) is 2.55. The summed E-state index contributed by atoms with van der Waals surface area (Å²) in [6.45, 7) is 4.39. The Morgan fingerprint density at radius 1 is 1.50 bits per heavy atom. The van der Waals surface area contributed by atoms with Crippen molar-refractivity contribution in [3.8, 4) is 5.75 Å². The van der Waals surface area contributed by atoms with Gasteiger partial charge in [-0.3, -0.25) is 4.79 Å². The maximum absolute atomic E-state index is 13.4. The van der Waals surface area contributed by atoms with E-state index in [1.54, 1.807) is 6.07 Å². The van der Waals surface area contributed by atoms with Crippen LogP contribution >= 0.6 is 0 Å². The van der Waals surface area contributed by atoms with Crippen LogP contribution in [0, 0.1) is 11.7 Å². The Morgan fingerprint density at radius 2 is 2.21 bits per heavy atom. The Hall–Kier alpha value is -1.38. The van der Waals surface area contributed by atoms with Gasteiger partial charge >= 0.3 is 0 Å². The number of ether oxygens (including phenoxy) is 1. The number of benzene rings is 1. The highest BCUT2D eigenvalue weighted by Gasteiger charge is 2.08. The van der Waals surface area contributed by atoms with Gasteiger partial charge in [0.25, 0.3) is 0 Å². The highest BCUT2D eigenvalue weighted by Crippen LogP contribution is 2.19. The average Bonchev–Trinajstić information content (AvgIpc) is 2.16. The van der Waals surface area contributed by atoms with Crippen LogP contribution in [0.2, 0.25) is 0 Å². The summed E-state index contributed by atoms with van der Waals surface area (Å²) in [5.74, 6) is -0.110. The van der Waals surface area contributed by atoms with Crippen LogP contribution in [0.3, 0.4) is 0 Å². The molecule has 0 saturated carbocycles. The van der Waals surface area contributed by atoms with E-state index >= 15 is 0 Å². The summed E-state index contributed by atoms with van der Waals surface area (Å²) < 4.78 is 18.6. The van der Waals surface area contributed by atoms with Crippen molar-refractivity contribution in [2.75, 3.05) is 6.61 Å². The highest BCUT2D eigenvalue weighted by atomic mass is 19.1. The van der Waals surface area contributed by atoms with Crippen molar-refractivity contribution in [1.82, 2.24) is 0 Å². The van der Waals surface area contributed by atoms with Crippen LogP contribution in [0.4, 0.5) is 4.39 Å². The summed E-state index contributed by atoms with van der Waals surface area (Å²) in [7, 11) is 0. The molecule has 0 saturated heterocycles. The SMILES string of the molecule is CC(C)COc1cccc(C=O)c1F. The molecule has 76 valence electrons. The van der Waals surface area contributed by atoms with E-state index in [9.17, 15) is 9.18 Å². The lowest BCUT2D eigenvalue weighted by Gasteiger charge is -2.09. The second-order valence-electron chi connectivity index (χ2n) is 3.48. The molecule has 0 radical (unpaired) electrons. The lowest BCUT2D eigenvalue weighted by molar-refractivity contribution is 0.111. The van der Waals surface area contributed by atoms with Gasteiger partial charge in [0.1, 0.15) is 0 Å². The topological polar surface area (TPSA) is 26.3 Å². The van der Waals surface area contributed by atoms with Gasteiger partial charge in [-0.15, -0.1) is 0 Å². The van der Waals surface area contributed by atoms with Gasteiger partial charge in [0, 0.05) is 0 Å². The number of halogens is 1. The Morgan fingerprint density at radius 3 is 2.79 bits per heavy atom. The summed E-state index contributed by atoms with van der Waals surface area (Å²) in [4.78, 5) is 10.4. The number of aldehydes is 1. The minimum atomic E-state index is -0.580. The zero-order valence-electron chi connectivity index (χ0n) is 8.29. The summed E-state index contributed by atoms with van der Waals surface area (Å²) in [5.41, 5.74) is 0.0336. The van der Waals surface area contributed by atoms with Crippen molar-refractivity contribution >= 4 is 6.29 Å². The molecule has 14 heavy (non-hydrogen) atoms. The summed E-state index contributed by atoms with van der Waals surface area (Å²) in [5, 5.41) is 0. The Kier molecular flexibility index (Phi) is 3.63. The molecule has 2 nitrogen and oxygen atoms in total. The molecule has 0 amide bonds. The number of carbonyl (C=O) groups is 1. The van der Waals surface area contributed by atoms with Crippen molar-refractivity contribution in [3.05, 3.63) is 29.6 Å². The first-order valence-electron chi connectivity index (χ1n) is 4.51. The lowest BCUT2D eigenvalue weighted by Crippen LogP contribution is -2.06. The molecule has 0 fully saturated rings. The predicted molar refractivity (Wildman–Crippen MR) is 52.1 cm³/mol. The molecule has 1 aromatic carbocycles. The van der Waals surface area contributed by atoms with Crippen LogP contribution in [-0.2, 0) is 0 Å². The zero-order chi connectivity index (χ0) is 10.6. The number of rotatable bonds is 4. The fourth-order valence-corrected chi connectivity index (χ4v) is 0.987. The van der Waals surface area contributed by atoms with E-state index in [0.29, 0.717) is 18.8 Å². The smallest absolute Gasteiger partial charge is 0.175 e. The largest absolute Gasteiger partial charge is 0.490 e. The molecule has 1 aromatic rings. The van der Waals surface area contributed by atoms with Gasteiger partial charge in [0.15, 0.2) is 17.9 Å². The standard InChI is InChI=1S/C11H13FO2/c1-8(2)7-14-10-5-3-4-9(6-13)11(10)12/h3-6,8H,7H2,1-2H3. The third-order valence-corrected chi connectivity index (χ3v) is 1.69. The maximum Gasteiger partial charge on any atom is 0.175 e. The summed E-state index contributed by atoms with van der Waals surface area (Å²) >= 11 is 0. The Bertz CT molecular complexity index is 321. The first kappa shape index (κ1) is 10.7. The fourth-order valence-electron chi connectivity index (χ4n) is 0.987. The number of hydrogen-bond donors (Lipinski definition) is 0. The summed E-state index contributed by atoms with van der Waals surface area (Å²) in [6.07, 6.45) is 0.484. The quantitative estimate of drug-likeness (QED) is 0.692. The molecule has 0 atom stereocenters. The van der Waals surface area contributed by atoms with Crippen molar-refractivity contribution in [3.63, 3.8) is 0 Å². The molecule has 3 heteroatoms. The van der Waals surface area contributed by atoms with Gasteiger partial charge < -0.3 is 4.74 Å². The van der Waals surface area contributed by atoms with Crippen LogP contribution in [0.15, 0.2) is 18.2 Å². The van der Waals surface area contributed by atoms with E-state index in [2.05, 4.69) is 0 Å². The van der Waals surface area contributed by atoms with Crippen molar-refractivity contribution < 1.29 is 13.9 Å². The van der Waals surface area contributed by atoms with E-state index in [-0.39, 0.29) is 11.3 Å². The van der Waals surface area contributed by atoms with E-state index in [1.807, 2.05) is 13.8 Å². The Balaban J connectivity index is 2.81. The lowest BCUT2D eigenvalue weighted by atomic mass is 10.2. The molecular weight excluding hydrogens is 183 g/mol. The normalized spacial score (nSPS) is 10.3. The first-order valence-corrected chi connectivity index (χ1v) is 4.51. The van der Waals surface area contributed by atoms with E-state index < -0.39 is 5.82 Å². The van der Waals surface area contributed by atoms with Crippen LogP contribution in [-0.4, -0.2) is 12.9 Å².